The fraction of sp³-hybridized carbons (Fsp3) is 1.00. The molecule has 0 amide bonds. The monoisotopic (exact) mass is 138 g/mol. The number of hydrogen-bond acceptors (Lipinski definition) is 4. The van der Waals surface area contributed by atoms with Crippen LogP contribution in [0.4, 0.5) is 0 Å². The van der Waals surface area contributed by atoms with Crippen LogP contribution in [0.25, 0.3) is 0 Å². The first-order valence-electron chi connectivity index (χ1n) is 2.40. The molecule has 0 atom stereocenters. The zero-order chi connectivity index (χ0) is 6.24. The molecule has 50 valence electrons. The lowest BCUT2D eigenvalue weighted by Gasteiger charge is -1.95. The van der Waals surface area contributed by atoms with Gasteiger partial charge in [-0.15, -0.1) is 4.33 Å². The molecule has 0 aromatic heterocycles. The van der Waals surface area contributed by atoms with Gasteiger partial charge in [0.05, 0.1) is 6.61 Å². The van der Waals surface area contributed by atoms with E-state index in [1.807, 2.05) is 6.92 Å². The highest BCUT2D eigenvalue weighted by Crippen LogP contribution is 1.95. The lowest BCUT2D eigenvalue weighted by atomic mass is 10.5. The smallest absolute Gasteiger partial charge is 0.0851 e. The van der Waals surface area contributed by atoms with E-state index in [1.54, 1.807) is 6.26 Å². The van der Waals surface area contributed by atoms with Crippen molar-refractivity contribution in [1.82, 2.24) is 0 Å². The van der Waals surface area contributed by atoms with Gasteiger partial charge in [-0.25, -0.2) is 4.89 Å². The first-order chi connectivity index (χ1) is 3.91. The molecular formula is C4H10O3S. The summed E-state index contributed by atoms with van der Waals surface area (Å²) in [4.78, 5) is 4.48. The van der Waals surface area contributed by atoms with Crippen LogP contribution in [0, 0.1) is 0 Å². The van der Waals surface area contributed by atoms with Gasteiger partial charge in [-0.1, -0.05) is 12.0 Å². The van der Waals surface area contributed by atoms with Crippen LogP contribution in [0.15, 0.2) is 0 Å². The molecule has 4 heteroatoms. The SMILES string of the molecule is CCCOOOSC. The molecule has 0 heterocycles. The lowest BCUT2D eigenvalue weighted by molar-refractivity contribution is -0.459. The highest BCUT2D eigenvalue weighted by atomic mass is 32.2. The highest BCUT2D eigenvalue weighted by molar-refractivity contribution is 7.93. The summed E-state index contributed by atoms with van der Waals surface area (Å²) < 4.78 is 4.33. The van der Waals surface area contributed by atoms with Crippen molar-refractivity contribution in [1.29, 1.82) is 0 Å². The van der Waals surface area contributed by atoms with Crippen molar-refractivity contribution in [2.45, 2.75) is 13.3 Å². The van der Waals surface area contributed by atoms with Crippen molar-refractivity contribution in [3.63, 3.8) is 0 Å². The predicted octanol–water partition coefficient (Wildman–Crippen LogP) is 1.55. The summed E-state index contributed by atoms with van der Waals surface area (Å²) in [6.07, 6.45) is 2.67. The van der Waals surface area contributed by atoms with Crippen molar-refractivity contribution in [3.05, 3.63) is 0 Å². The molecule has 0 aromatic rings. The fourth-order valence-electron chi connectivity index (χ4n) is 0.165. The van der Waals surface area contributed by atoms with E-state index in [9.17, 15) is 0 Å². The zero-order valence-corrected chi connectivity index (χ0v) is 5.86. The maximum Gasteiger partial charge on any atom is 0.0851 e. The van der Waals surface area contributed by atoms with Crippen LogP contribution >= 0.6 is 12.0 Å². The standard InChI is InChI=1S/C4H10O3S/c1-3-4-5-6-7-8-2/h3-4H2,1-2H3. The maximum absolute atomic E-state index is 4.48. The number of rotatable bonds is 5. The molecule has 8 heavy (non-hydrogen) atoms. The molecule has 0 rings (SSSR count). The Morgan fingerprint density at radius 3 is 2.75 bits per heavy atom. The van der Waals surface area contributed by atoms with E-state index in [2.05, 4.69) is 14.3 Å². The van der Waals surface area contributed by atoms with E-state index >= 15 is 0 Å². The minimum Gasteiger partial charge on any atom is -0.205 e. The summed E-state index contributed by atoms with van der Waals surface area (Å²) >= 11 is 1.10. The van der Waals surface area contributed by atoms with E-state index in [4.69, 9.17) is 0 Å². The predicted molar refractivity (Wildman–Crippen MR) is 31.9 cm³/mol. The van der Waals surface area contributed by atoms with Crippen LogP contribution in [0.3, 0.4) is 0 Å². The van der Waals surface area contributed by atoms with Gasteiger partial charge in [-0.3, -0.25) is 0 Å². The summed E-state index contributed by atoms with van der Waals surface area (Å²) in [7, 11) is 0. The minimum atomic E-state index is 0.570. The van der Waals surface area contributed by atoms with Gasteiger partial charge in [0, 0.05) is 18.3 Å². The molecule has 0 aromatic carbocycles. The summed E-state index contributed by atoms with van der Waals surface area (Å²) in [5.41, 5.74) is 0. The second kappa shape index (κ2) is 7.23. The first kappa shape index (κ1) is 8.23. The molecular weight excluding hydrogens is 128 g/mol. The van der Waals surface area contributed by atoms with E-state index in [0.29, 0.717) is 6.61 Å². The molecule has 3 nitrogen and oxygen atoms in total. The van der Waals surface area contributed by atoms with Crippen molar-refractivity contribution in [2.24, 2.45) is 0 Å². The van der Waals surface area contributed by atoms with Gasteiger partial charge in [0.2, 0.25) is 0 Å². The molecule has 0 aliphatic heterocycles. The minimum absolute atomic E-state index is 0.570. The van der Waals surface area contributed by atoms with Gasteiger partial charge >= 0.3 is 0 Å². The van der Waals surface area contributed by atoms with Gasteiger partial charge in [-0.2, -0.15) is 0 Å². The molecule has 0 unspecified atom stereocenters. The van der Waals surface area contributed by atoms with Gasteiger partial charge in [-0.05, 0) is 6.42 Å². The van der Waals surface area contributed by atoms with Crippen LogP contribution in [-0.4, -0.2) is 12.9 Å². The summed E-state index contributed by atoms with van der Waals surface area (Å²) in [6.45, 7) is 2.56. The molecule has 0 radical (unpaired) electrons. The Morgan fingerprint density at radius 1 is 1.50 bits per heavy atom. The highest BCUT2D eigenvalue weighted by Gasteiger charge is 1.82. The normalized spacial score (nSPS) is 9.75. The maximum atomic E-state index is 4.48. The summed E-state index contributed by atoms with van der Waals surface area (Å²) in [6, 6.07) is 0. The van der Waals surface area contributed by atoms with Gasteiger partial charge in [0.1, 0.15) is 0 Å². The van der Waals surface area contributed by atoms with Crippen molar-refractivity contribution in [3.8, 4) is 0 Å². The molecule has 0 saturated carbocycles. The average Bonchev–Trinajstić information content (AvgIpc) is 1.81. The first-order valence-corrected chi connectivity index (χ1v) is 3.55. The molecule has 0 aliphatic carbocycles. The average molecular weight is 138 g/mol. The third-order valence-electron chi connectivity index (χ3n) is 0.431. The Kier molecular flexibility index (Phi) is 7.44. The fourth-order valence-corrected chi connectivity index (χ4v) is 0.260. The van der Waals surface area contributed by atoms with Gasteiger partial charge in [0.25, 0.3) is 0 Å². The lowest BCUT2D eigenvalue weighted by Crippen LogP contribution is -1.91. The topological polar surface area (TPSA) is 27.7 Å². The Bertz CT molecular complexity index is 36.3. The van der Waals surface area contributed by atoms with Gasteiger partial charge < -0.3 is 0 Å². The van der Waals surface area contributed by atoms with Crippen molar-refractivity contribution in [2.75, 3.05) is 12.9 Å². The largest absolute Gasteiger partial charge is 0.205 e. The van der Waals surface area contributed by atoms with Crippen molar-refractivity contribution >= 4 is 12.0 Å². The quantitative estimate of drug-likeness (QED) is 0.249. The Balaban J connectivity index is 2.53. The molecule has 0 spiro atoms. The second-order valence-corrected chi connectivity index (χ2v) is 1.59. The second-order valence-electron chi connectivity index (χ2n) is 1.12. The molecule has 0 bridgehead atoms. The molecule has 0 fully saturated rings. The summed E-state index contributed by atoms with van der Waals surface area (Å²) in [5, 5.41) is 4.19. The Labute approximate surface area is 53.4 Å². The number of hydrogen-bond donors (Lipinski definition) is 0. The van der Waals surface area contributed by atoms with E-state index < -0.39 is 0 Å². The van der Waals surface area contributed by atoms with E-state index in [1.165, 1.54) is 0 Å². The van der Waals surface area contributed by atoms with Crippen LogP contribution in [0.5, 0.6) is 0 Å². The molecule has 0 aliphatic rings. The Hall–Kier alpha value is 0.230. The third-order valence-corrected chi connectivity index (χ3v) is 0.623. The van der Waals surface area contributed by atoms with Crippen LogP contribution < -0.4 is 0 Å². The zero-order valence-electron chi connectivity index (χ0n) is 5.05. The molecule has 0 N–H and O–H groups in total. The van der Waals surface area contributed by atoms with Crippen LogP contribution in [0.1, 0.15) is 13.3 Å². The van der Waals surface area contributed by atoms with Crippen LogP contribution in [0.2, 0.25) is 0 Å². The van der Waals surface area contributed by atoms with Crippen LogP contribution in [-0.2, 0) is 14.3 Å². The molecule has 0 saturated heterocycles. The van der Waals surface area contributed by atoms with Crippen molar-refractivity contribution < 1.29 is 14.3 Å². The third kappa shape index (κ3) is 6.23. The Morgan fingerprint density at radius 2 is 2.25 bits per heavy atom. The van der Waals surface area contributed by atoms with Gasteiger partial charge in [0.15, 0.2) is 0 Å². The van der Waals surface area contributed by atoms with E-state index in [0.717, 1.165) is 18.5 Å². The summed E-state index contributed by atoms with van der Waals surface area (Å²) in [5.74, 6) is 0. The van der Waals surface area contributed by atoms with E-state index in [-0.39, 0.29) is 0 Å².